The van der Waals surface area contributed by atoms with Crippen molar-refractivity contribution in [2.45, 2.75) is 13.0 Å². The van der Waals surface area contributed by atoms with E-state index >= 15 is 0 Å². The Balaban J connectivity index is 1.92. The number of carbonyl (C=O) groups is 1. The van der Waals surface area contributed by atoms with Crippen molar-refractivity contribution in [1.82, 2.24) is 4.90 Å². The molecule has 0 spiro atoms. The quantitative estimate of drug-likeness (QED) is 0.850. The maximum atomic E-state index is 12.9. The molecule has 4 rings (SSSR count). The van der Waals surface area contributed by atoms with E-state index in [9.17, 15) is 9.90 Å². The molecule has 1 N–H and O–H groups in total. The molecule has 0 fully saturated rings. The summed E-state index contributed by atoms with van der Waals surface area (Å²) in [4.78, 5) is 19.4. The summed E-state index contributed by atoms with van der Waals surface area (Å²) in [5, 5.41) is 10.5. The van der Waals surface area contributed by atoms with Crippen LogP contribution in [-0.2, 0) is 4.79 Å². The molecule has 0 radical (unpaired) electrons. The predicted octanol–water partition coefficient (Wildman–Crippen LogP) is 3.82. The van der Waals surface area contributed by atoms with Crippen LogP contribution in [-0.4, -0.2) is 47.4 Å². The predicted molar refractivity (Wildman–Crippen MR) is 109 cm³/mol. The summed E-state index contributed by atoms with van der Waals surface area (Å²) in [7, 11) is 0. The fraction of sp³-hybridized carbons (Fsp3) is 0.238. The molecule has 2 heterocycles. The summed E-state index contributed by atoms with van der Waals surface area (Å²) in [5.41, 5.74) is 4.97. The van der Waals surface area contributed by atoms with Crippen LogP contribution in [0.5, 0.6) is 0 Å². The van der Waals surface area contributed by atoms with E-state index in [0.717, 1.165) is 28.0 Å². The second-order valence-electron chi connectivity index (χ2n) is 6.62. The van der Waals surface area contributed by atoms with Crippen molar-refractivity contribution in [1.29, 1.82) is 0 Å². The molecular formula is C21H18Cl2N2O2. The molecule has 1 amide bonds. The van der Waals surface area contributed by atoms with Crippen LogP contribution in [0.1, 0.15) is 23.6 Å². The number of nitrogens with zero attached hydrogens (tertiary/aromatic N) is 2. The van der Waals surface area contributed by atoms with E-state index in [2.05, 4.69) is 0 Å². The first-order chi connectivity index (χ1) is 13.0. The van der Waals surface area contributed by atoms with E-state index in [-0.39, 0.29) is 25.1 Å². The molecule has 1 atom stereocenters. The Hall–Kier alpha value is -2.14. The lowest BCUT2D eigenvalue weighted by molar-refractivity contribution is -0.127. The summed E-state index contributed by atoms with van der Waals surface area (Å²) in [6.07, 6.45) is 0. The SMILES string of the molecule is CC1C2=C(CN=C(c3ccccc3Cl)c3cc(Cl)ccc32)C(=O)N1CCO. The van der Waals surface area contributed by atoms with E-state index in [1.165, 1.54) is 0 Å². The number of rotatable bonds is 3. The summed E-state index contributed by atoms with van der Waals surface area (Å²) in [6.45, 7) is 2.48. The maximum absolute atomic E-state index is 12.9. The lowest BCUT2D eigenvalue weighted by atomic mass is 9.90. The summed E-state index contributed by atoms with van der Waals surface area (Å²) < 4.78 is 0. The van der Waals surface area contributed by atoms with E-state index in [1.807, 2.05) is 49.4 Å². The van der Waals surface area contributed by atoms with Crippen LogP contribution in [0.15, 0.2) is 53.0 Å². The minimum absolute atomic E-state index is 0.0712. The number of benzene rings is 2. The third-order valence-corrected chi connectivity index (χ3v) is 5.69. The molecule has 2 aliphatic rings. The number of aliphatic hydroxyl groups is 1. The van der Waals surface area contributed by atoms with Crippen LogP contribution in [0.3, 0.4) is 0 Å². The molecular weight excluding hydrogens is 383 g/mol. The third-order valence-electron chi connectivity index (χ3n) is 5.12. The fourth-order valence-electron chi connectivity index (χ4n) is 3.89. The average molecular weight is 401 g/mol. The van der Waals surface area contributed by atoms with Crippen molar-refractivity contribution in [2.24, 2.45) is 4.99 Å². The minimum Gasteiger partial charge on any atom is -0.395 e. The Bertz CT molecular complexity index is 997. The van der Waals surface area contributed by atoms with Gasteiger partial charge in [-0.15, -0.1) is 0 Å². The van der Waals surface area contributed by atoms with Crippen molar-refractivity contribution in [3.05, 3.63) is 74.8 Å². The van der Waals surface area contributed by atoms with Crippen LogP contribution in [0.2, 0.25) is 10.0 Å². The van der Waals surface area contributed by atoms with Gasteiger partial charge in [-0.1, -0.05) is 47.5 Å². The van der Waals surface area contributed by atoms with Gasteiger partial charge in [0.2, 0.25) is 0 Å². The van der Waals surface area contributed by atoms with Crippen LogP contribution in [0.25, 0.3) is 5.57 Å². The zero-order chi connectivity index (χ0) is 19.1. The number of fused-ring (bicyclic) bond motifs is 2. The highest BCUT2D eigenvalue weighted by molar-refractivity contribution is 6.36. The molecule has 138 valence electrons. The van der Waals surface area contributed by atoms with E-state index in [1.54, 1.807) is 4.90 Å². The Kier molecular flexibility index (Phi) is 4.81. The van der Waals surface area contributed by atoms with Gasteiger partial charge in [-0.2, -0.15) is 0 Å². The molecule has 2 aromatic rings. The number of hydrogen-bond donors (Lipinski definition) is 1. The van der Waals surface area contributed by atoms with Crippen molar-refractivity contribution < 1.29 is 9.90 Å². The van der Waals surface area contributed by atoms with Crippen LogP contribution >= 0.6 is 23.2 Å². The first-order valence-electron chi connectivity index (χ1n) is 8.77. The van der Waals surface area contributed by atoms with Gasteiger partial charge >= 0.3 is 0 Å². The number of aliphatic imine (C=N–C) groups is 1. The second kappa shape index (κ2) is 7.12. The van der Waals surface area contributed by atoms with Crippen LogP contribution in [0, 0.1) is 0 Å². The molecule has 27 heavy (non-hydrogen) atoms. The molecule has 0 saturated heterocycles. The monoisotopic (exact) mass is 400 g/mol. The Morgan fingerprint density at radius 1 is 1.15 bits per heavy atom. The second-order valence-corrected chi connectivity index (χ2v) is 7.47. The van der Waals surface area contributed by atoms with Gasteiger partial charge < -0.3 is 10.0 Å². The molecule has 0 bridgehead atoms. The molecule has 0 aliphatic carbocycles. The van der Waals surface area contributed by atoms with Gasteiger partial charge in [0, 0.05) is 33.3 Å². The van der Waals surface area contributed by atoms with Crippen molar-refractivity contribution >= 4 is 40.4 Å². The number of aliphatic hydroxyl groups excluding tert-OH is 1. The van der Waals surface area contributed by atoms with E-state index < -0.39 is 0 Å². The molecule has 2 aromatic carbocycles. The van der Waals surface area contributed by atoms with Gasteiger partial charge in [0.05, 0.1) is 24.9 Å². The van der Waals surface area contributed by atoms with Gasteiger partial charge in [0.25, 0.3) is 5.91 Å². The summed E-state index contributed by atoms with van der Waals surface area (Å²) in [5.74, 6) is -0.0726. The topological polar surface area (TPSA) is 52.9 Å². The number of amides is 1. The molecule has 4 nitrogen and oxygen atoms in total. The normalized spacial score (nSPS) is 19.0. The maximum Gasteiger partial charge on any atom is 0.252 e. The van der Waals surface area contributed by atoms with Gasteiger partial charge in [-0.3, -0.25) is 9.79 Å². The average Bonchev–Trinajstić information content (AvgIpc) is 2.80. The van der Waals surface area contributed by atoms with Crippen LogP contribution in [0.4, 0.5) is 0 Å². The van der Waals surface area contributed by atoms with E-state index in [0.29, 0.717) is 22.2 Å². The molecule has 0 saturated carbocycles. The van der Waals surface area contributed by atoms with Gasteiger partial charge in [-0.25, -0.2) is 0 Å². The molecule has 0 aromatic heterocycles. The van der Waals surface area contributed by atoms with Gasteiger partial charge in [0.1, 0.15) is 0 Å². The smallest absolute Gasteiger partial charge is 0.252 e. The van der Waals surface area contributed by atoms with Gasteiger partial charge in [0.15, 0.2) is 0 Å². The number of halogens is 2. The first-order valence-corrected chi connectivity index (χ1v) is 9.53. The van der Waals surface area contributed by atoms with Crippen LogP contribution < -0.4 is 0 Å². The van der Waals surface area contributed by atoms with Crippen molar-refractivity contribution in [3.63, 3.8) is 0 Å². The minimum atomic E-state index is -0.139. The summed E-state index contributed by atoms with van der Waals surface area (Å²) in [6, 6.07) is 13.0. The van der Waals surface area contributed by atoms with Gasteiger partial charge in [-0.05, 0) is 36.3 Å². The highest BCUT2D eigenvalue weighted by Gasteiger charge is 2.39. The standard InChI is InChI=1S/C21H18Cl2N2O2/c1-12-19-14-7-6-13(22)10-16(14)20(15-4-2-3-5-18(15)23)24-11-17(19)21(27)25(12)8-9-26/h2-7,10,12,26H,8-9,11H2,1H3. The lowest BCUT2D eigenvalue weighted by Crippen LogP contribution is -2.36. The highest BCUT2D eigenvalue weighted by Crippen LogP contribution is 2.39. The van der Waals surface area contributed by atoms with Crippen molar-refractivity contribution in [3.8, 4) is 0 Å². The number of hydrogen-bond acceptors (Lipinski definition) is 3. The van der Waals surface area contributed by atoms with Crippen molar-refractivity contribution in [2.75, 3.05) is 19.7 Å². The molecule has 1 unspecified atom stereocenters. The Morgan fingerprint density at radius 3 is 2.67 bits per heavy atom. The Morgan fingerprint density at radius 2 is 1.93 bits per heavy atom. The zero-order valence-electron chi connectivity index (χ0n) is 14.7. The van der Waals surface area contributed by atoms with E-state index in [4.69, 9.17) is 28.2 Å². The highest BCUT2D eigenvalue weighted by atomic mass is 35.5. The first kappa shape index (κ1) is 18.2. The Labute approximate surface area is 167 Å². The largest absolute Gasteiger partial charge is 0.395 e. The zero-order valence-corrected chi connectivity index (χ0v) is 16.3. The lowest BCUT2D eigenvalue weighted by Gasteiger charge is -2.24. The number of carbonyl (C=O) groups excluding carboxylic acids is 1. The number of β-amino-alcohol motifs (C(OH)–C–C–N with tert-alkyl or cyclic N) is 1. The fourth-order valence-corrected chi connectivity index (χ4v) is 4.29. The summed E-state index contributed by atoms with van der Waals surface area (Å²) >= 11 is 12.7. The molecule has 2 aliphatic heterocycles. The third kappa shape index (κ3) is 2.98. The molecule has 6 heteroatoms.